The smallest absolute Gasteiger partial charge is 0.152 e. The number of benzene rings is 1. The SMILES string of the molecule is CCCCCCCCCCN.CCCn1nc2c(N)nc3ccccc3c2c1CC(C)C. The van der Waals surface area contributed by atoms with E-state index in [1.54, 1.807) is 0 Å². The lowest BCUT2D eigenvalue weighted by atomic mass is 10.0. The Morgan fingerprint density at radius 1 is 0.906 bits per heavy atom. The summed E-state index contributed by atoms with van der Waals surface area (Å²) in [6, 6.07) is 8.18. The summed E-state index contributed by atoms with van der Waals surface area (Å²) >= 11 is 0. The van der Waals surface area contributed by atoms with E-state index in [2.05, 4.69) is 49.5 Å². The van der Waals surface area contributed by atoms with Gasteiger partial charge in [0.2, 0.25) is 0 Å². The quantitative estimate of drug-likeness (QED) is 0.302. The van der Waals surface area contributed by atoms with Crippen molar-refractivity contribution < 1.29 is 0 Å². The van der Waals surface area contributed by atoms with E-state index in [1.165, 1.54) is 62.4 Å². The zero-order chi connectivity index (χ0) is 23.3. The third-order valence-electron chi connectivity index (χ3n) is 5.81. The van der Waals surface area contributed by atoms with E-state index >= 15 is 0 Å². The second-order valence-electron chi connectivity index (χ2n) is 9.27. The van der Waals surface area contributed by atoms with Crippen LogP contribution in [0.1, 0.15) is 91.2 Å². The van der Waals surface area contributed by atoms with Gasteiger partial charge < -0.3 is 11.5 Å². The number of hydrogen-bond donors (Lipinski definition) is 2. The number of rotatable bonds is 12. The van der Waals surface area contributed by atoms with Gasteiger partial charge in [-0.15, -0.1) is 0 Å². The fraction of sp³-hybridized carbons (Fsp3) is 0.630. The molecule has 1 aromatic carbocycles. The van der Waals surface area contributed by atoms with Crippen LogP contribution in [0.4, 0.5) is 5.82 Å². The predicted molar refractivity (Wildman–Crippen MR) is 140 cm³/mol. The van der Waals surface area contributed by atoms with Crippen LogP contribution in [-0.4, -0.2) is 21.3 Å². The van der Waals surface area contributed by atoms with Gasteiger partial charge in [-0.1, -0.05) is 90.8 Å². The molecule has 0 aliphatic rings. The fourth-order valence-corrected chi connectivity index (χ4v) is 4.19. The Morgan fingerprint density at radius 3 is 2.19 bits per heavy atom. The van der Waals surface area contributed by atoms with Crippen molar-refractivity contribution in [3.63, 3.8) is 0 Å². The second-order valence-corrected chi connectivity index (χ2v) is 9.27. The molecule has 0 bridgehead atoms. The molecule has 5 heteroatoms. The number of nitrogen functional groups attached to an aromatic ring is 1. The van der Waals surface area contributed by atoms with Crippen LogP contribution in [0, 0.1) is 5.92 Å². The first-order chi connectivity index (χ1) is 15.5. The molecule has 0 atom stereocenters. The van der Waals surface area contributed by atoms with Crippen LogP contribution in [0.3, 0.4) is 0 Å². The highest BCUT2D eigenvalue weighted by Gasteiger charge is 2.18. The number of hydrogen-bond acceptors (Lipinski definition) is 4. The maximum atomic E-state index is 6.14. The molecule has 0 radical (unpaired) electrons. The highest BCUT2D eigenvalue weighted by molar-refractivity contribution is 6.09. The molecule has 178 valence electrons. The molecule has 0 fully saturated rings. The molecule has 32 heavy (non-hydrogen) atoms. The van der Waals surface area contributed by atoms with E-state index in [4.69, 9.17) is 16.6 Å². The highest BCUT2D eigenvalue weighted by Crippen LogP contribution is 2.31. The summed E-state index contributed by atoms with van der Waals surface area (Å²) in [4.78, 5) is 4.50. The summed E-state index contributed by atoms with van der Waals surface area (Å²) in [5, 5.41) is 7.07. The van der Waals surface area contributed by atoms with E-state index in [0.29, 0.717) is 11.7 Å². The Balaban J connectivity index is 0.000000282. The maximum Gasteiger partial charge on any atom is 0.152 e. The highest BCUT2D eigenvalue weighted by atomic mass is 15.3. The summed E-state index contributed by atoms with van der Waals surface area (Å²) in [7, 11) is 0. The third kappa shape index (κ3) is 7.47. The molecule has 0 spiro atoms. The number of nitrogens with two attached hydrogens (primary N) is 2. The molecule has 5 nitrogen and oxygen atoms in total. The summed E-state index contributed by atoms with van der Waals surface area (Å²) in [5.41, 5.74) is 14.6. The van der Waals surface area contributed by atoms with Crippen molar-refractivity contribution in [3.8, 4) is 0 Å². The average Bonchev–Trinajstić information content (AvgIpc) is 3.12. The van der Waals surface area contributed by atoms with Gasteiger partial charge in [0, 0.05) is 23.0 Å². The average molecular weight is 440 g/mol. The first-order valence-electron chi connectivity index (χ1n) is 12.8. The molecule has 0 amide bonds. The van der Waals surface area contributed by atoms with E-state index in [1.807, 2.05) is 12.1 Å². The van der Waals surface area contributed by atoms with Crippen LogP contribution in [-0.2, 0) is 13.0 Å². The van der Waals surface area contributed by atoms with Gasteiger partial charge in [0.05, 0.1) is 5.52 Å². The van der Waals surface area contributed by atoms with Crippen LogP contribution in [0.15, 0.2) is 24.3 Å². The van der Waals surface area contributed by atoms with E-state index in [9.17, 15) is 0 Å². The minimum Gasteiger partial charge on any atom is -0.382 e. The molecule has 0 saturated carbocycles. The topological polar surface area (TPSA) is 82.8 Å². The first kappa shape index (κ1) is 26.1. The van der Waals surface area contributed by atoms with Crippen LogP contribution < -0.4 is 11.5 Å². The van der Waals surface area contributed by atoms with Crippen molar-refractivity contribution in [2.45, 2.75) is 98.4 Å². The molecule has 2 aromatic heterocycles. The molecule has 3 aromatic rings. The second kappa shape index (κ2) is 14.1. The van der Waals surface area contributed by atoms with Gasteiger partial charge in [-0.25, -0.2) is 4.98 Å². The number of aryl methyl sites for hydroxylation is 1. The van der Waals surface area contributed by atoms with Gasteiger partial charge in [-0.3, -0.25) is 4.68 Å². The van der Waals surface area contributed by atoms with Crippen LogP contribution in [0.2, 0.25) is 0 Å². The number of fused-ring (bicyclic) bond motifs is 3. The van der Waals surface area contributed by atoms with Crippen molar-refractivity contribution >= 4 is 27.6 Å². The molecule has 0 unspecified atom stereocenters. The molecule has 3 rings (SSSR count). The molecular weight excluding hydrogens is 394 g/mol. The van der Waals surface area contributed by atoms with Gasteiger partial charge >= 0.3 is 0 Å². The Morgan fingerprint density at radius 2 is 1.56 bits per heavy atom. The summed E-state index contributed by atoms with van der Waals surface area (Å²) in [5.74, 6) is 1.11. The molecule has 2 heterocycles. The fourth-order valence-electron chi connectivity index (χ4n) is 4.19. The van der Waals surface area contributed by atoms with Crippen LogP contribution in [0.5, 0.6) is 0 Å². The van der Waals surface area contributed by atoms with Gasteiger partial charge in [-0.05, 0) is 37.8 Å². The zero-order valence-corrected chi connectivity index (χ0v) is 20.9. The van der Waals surface area contributed by atoms with Crippen molar-refractivity contribution in [3.05, 3.63) is 30.0 Å². The lowest BCUT2D eigenvalue weighted by molar-refractivity contribution is 0.542. The van der Waals surface area contributed by atoms with Crippen molar-refractivity contribution in [2.75, 3.05) is 12.3 Å². The van der Waals surface area contributed by atoms with Gasteiger partial charge in [0.15, 0.2) is 5.82 Å². The lowest BCUT2D eigenvalue weighted by Crippen LogP contribution is -2.07. The maximum absolute atomic E-state index is 6.14. The van der Waals surface area contributed by atoms with Crippen LogP contribution >= 0.6 is 0 Å². The lowest BCUT2D eigenvalue weighted by Gasteiger charge is -2.10. The molecule has 0 saturated heterocycles. The van der Waals surface area contributed by atoms with Gasteiger partial charge in [0.25, 0.3) is 0 Å². The van der Waals surface area contributed by atoms with Crippen molar-refractivity contribution in [1.82, 2.24) is 14.8 Å². The Bertz CT molecular complexity index is 921. The standard InChI is InChI=1S/C17H22N4.C10H23N/c1-4-9-21-14(10-11(2)3)15-12-7-5-6-8-13(12)19-17(18)16(15)20-21;1-2-3-4-5-6-7-8-9-10-11/h5-8,11H,4,9-10H2,1-3H3,(H2,18,19);2-11H2,1H3. The van der Waals surface area contributed by atoms with E-state index in [-0.39, 0.29) is 0 Å². The third-order valence-corrected chi connectivity index (χ3v) is 5.81. The number of anilines is 1. The van der Waals surface area contributed by atoms with Crippen molar-refractivity contribution in [1.29, 1.82) is 0 Å². The molecule has 4 N–H and O–H groups in total. The Kier molecular flexibility index (Phi) is 11.5. The minimum atomic E-state index is 0.531. The van der Waals surface area contributed by atoms with Gasteiger partial charge in [-0.2, -0.15) is 5.10 Å². The molecule has 0 aliphatic heterocycles. The summed E-state index contributed by atoms with van der Waals surface area (Å²) in [6.07, 6.45) is 13.0. The Hall–Kier alpha value is -2.14. The molecule has 0 aliphatic carbocycles. The van der Waals surface area contributed by atoms with E-state index in [0.717, 1.165) is 42.4 Å². The number of para-hydroxylation sites is 1. The minimum absolute atomic E-state index is 0.531. The monoisotopic (exact) mass is 439 g/mol. The number of pyridine rings is 1. The van der Waals surface area contributed by atoms with Gasteiger partial charge in [0.1, 0.15) is 5.52 Å². The number of nitrogens with zero attached hydrogens (tertiary/aromatic N) is 3. The number of aromatic nitrogens is 3. The summed E-state index contributed by atoms with van der Waals surface area (Å²) < 4.78 is 2.12. The zero-order valence-electron chi connectivity index (χ0n) is 20.9. The normalized spacial score (nSPS) is 11.3. The molecular formula is C27H45N5. The largest absolute Gasteiger partial charge is 0.382 e. The predicted octanol–water partition coefficient (Wildman–Crippen LogP) is 6.86. The van der Waals surface area contributed by atoms with Crippen molar-refractivity contribution in [2.24, 2.45) is 11.7 Å². The first-order valence-corrected chi connectivity index (χ1v) is 12.8. The summed E-state index contributed by atoms with van der Waals surface area (Å²) in [6.45, 7) is 10.7. The number of unbranched alkanes of at least 4 members (excludes halogenated alkanes) is 7. The Labute approximate surface area is 195 Å². The van der Waals surface area contributed by atoms with Crippen LogP contribution in [0.25, 0.3) is 21.8 Å². The van der Waals surface area contributed by atoms with E-state index < -0.39 is 0 Å².